The van der Waals surface area contributed by atoms with Crippen LogP contribution in [0, 0.1) is 11.3 Å². The Morgan fingerprint density at radius 1 is 1.13 bits per heavy atom. The second-order valence-electron chi connectivity index (χ2n) is 4.97. The van der Waals surface area contributed by atoms with Crippen LogP contribution in [-0.2, 0) is 4.79 Å². The third-order valence-corrected chi connectivity index (χ3v) is 4.24. The summed E-state index contributed by atoms with van der Waals surface area (Å²) >= 11 is 0. The average Bonchev–Trinajstić information content (AvgIpc) is 2.31. The number of nitrogens with zero attached hydrogens (tertiary/aromatic N) is 1. The molecule has 1 saturated heterocycles. The van der Waals surface area contributed by atoms with E-state index < -0.39 is 11.4 Å². The van der Waals surface area contributed by atoms with Gasteiger partial charge in [0.15, 0.2) is 0 Å². The SMILES string of the molecule is O=C(O)C1(C2CCCCC2)CC[N]CC1. The van der Waals surface area contributed by atoms with Crippen molar-refractivity contribution in [3.05, 3.63) is 0 Å². The highest BCUT2D eigenvalue weighted by Crippen LogP contribution is 2.44. The molecule has 15 heavy (non-hydrogen) atoms. The molecule has 0 atom stereocenters. The minimum Gasteiger partial charge on any atom is -0.481 e. The Labute approximate surface area is 91.2 Å². The first kappa shape index (κ1) is 10.9. The van der Waals surface area contributed by atoms with Gasteiger partial charge in [-0.2, -0.15) is 0 Å². The first-order chi connectivity index (χ1) is 7.26. The molecule has 3 nitrogen and oxygen atoms in total. The van der Waals surface area contributed by atoms with E-state index in [9.17, 15) is 9.90 Å². The minimum absolute atomic E-state index is 0.416. The number of hydrogen-bond donors (Lipinski definition) is 1. The van der Waals surface area contributed by atoms with Crippen LogP contribution in [0.15, 0.2) is 0 Å². The molecule has 0 unspecified atom stereocenters. The van der Waals surface area contributed by atoms with Crippen molar-refractivity contribution in [2.45, 2.75) is 44.9 Å². The lowest BCUT2D eigenvalue weighted by Crippen LogP contribution is -2.45. The molecule has 0 amide bonds. The predicted octanol–water partition coefficient (Wildman–Crippen LogP) is 2.04. The van der Waals surface area contributed by atoms with Crippen molar-refractivity contribution >= 4 is 5.97 Å². The Morgan fingerprint density at radius 3 is 2.27 bits per heavy atom. The summed E-state index contributed by atoms with van der Waals surface area (Å²) in [5.74, 6) is -0.149. The van der Waals surface area contributed by atoms with Crippen molar-refractivity contribution in [2.75, 3.05) is 13.1 Å². The fraction of sp³-hybridized carbons (Fsp3) is 0.917. The van der Waals surface area contributed by atoms with Crippen LogP contribution in [0.1, 0.15) is 44.9 Å². The van der Waals surface area contributed by atoms with E-state index in [1.165, 1.54) is 19.3 Å². The van der Waals surface area contributed by atoms with Crippen LogP contribution in [-0.4, -0.2) is 24.2 Å². The van der Waals surface area contributed by atoms with Gasteiger partial charge in [-0.3, -0.25) is 4.79 Å². The molecule has 2 rings (SSSR count). The molecule has 0 aromatic heterocycles. The van der Waals surface area contributed by atoms with E-state index in [1.54, 1.807) is 0 Å². The molecule has 0 bridgehead atoms. The summed E-state index contributed by atoms with van der Waals surface area (Å²) in [7, 11) is 0. The zero-order valence-electron chi connectivity index (χ0n) is 9.24. The van der Waals surface area contributed by atoms with Crippen LogP contribution in [0.3, 0.4) is 0 Å². The molecule has 0 aromatic carbocycles. The van der Waals surface area contributed by atoms with Gasteiger partial charge in [0, 0.05) is 13.1 Å². The molecule has 0 spiro atoms. The van der Waals surface area contributed by atoms with E-state index in [0.717, 1.165) is 38.8 Å². The van der Waals surface area contributed by atoms with Gasteiger partial charge in [-0.1, -0.05) is 19.3 Å². The van der Waals surface area contributed by atoms with Crippen molar-refractivity contribution < 1.29 is 9.90 Å². The van der Waals surface area contributed by atoms with Crippen molar-refractivity contribution in [1.29, 1.82) is 0 Å². The molecular weight excluding hydrogens is 190 g/mol. The van der Waals surface area contributed by atoms with Crippen LogP contribution < -0.4 is 5.32 Å². The molecule has 1 heterocycles. The molecule has 0 aromatic rings. The van der Waals surface area contributed by atoms with E-state index in [0.29, 0.717) is 5.92 Å². The van der Waals surface area contributed by atoms with Crippen LogP contribution in [0.5, 0.6) is 0 Å². The summed E-state index contributed by atoms with van der Waals surface area (Å²) in [6, 6.07) is 0. The van der Waals surface area contributed by atoms with Gasteiger partial charge in [0.2, 0.25) is 0 Å². The summed E-state index contributed by atoms with van der Waals surface area (Å²) < 4.78 is 0. The van der Waals surface area contributed by atoms with Gasteiger partial charge < -0.3 is 5.11 Å². The maximum Gasteiger partial charge on any atom is 0.310 e. The van der Waals surface area contributed by atoms with Gasteiger partial charge in [0.1, 0.15) is 0 Å². The molecule has 2 aliphatic rings. The van der Waals surface area contributed by atoms with E-state index in [-0.39, 0.29) is 0 Å². The normalized spacial score (nSPS) is 27.5. The van der Waals surface area contributed by atoms with Crippen molar-refractivity contribution in [2.24, 2.45) is 11.3 Å². The summed E-state index contributed by atoms with van der Waals surface area (Å²) in [6.07, 6.45) is 7.50. The number of carbonyl (C=O) groups is 1. The molecule has 1 radical (unpaired) electrons. The van der Waals surface area contributed by atoms with Gasteiger partial charge in [0.25, 0.3) is 0 Å². The third kappa shape index (κ3) is 2.03. The van der Waals surface area contributed by atoms with Gasteiger partial charge >= 0.3 is 5.97 Å². The second-order valence-corrected chi connectivity index (χ2v) is 4.97. The molecule has 1 N–H and O–H groups in total. The standard InChI is InChI=1S/C12H20NO2/c14-11(15)12(6-8-13-9-7-12)10-4-2-1-3-5-10/h10H,1-9H2,(H,14,15). The number of carboxylic acid groups (broad SMARTS) is 1. The van der Waals surface area contributed by atoms with Crippen molar-refractivity contribution in [3.8, 4) is 0 Å². The van der Waals surface area contributed by atoms with Gasteiger partial charge in [-0.05, 0) is 31.6 Å². The Morgan fingerprint density at radius 2 is 1.73 bits per heavy atom. The molecule has 3 heteroatoms. The fourth-order valence-electron chi connectivity index (χ4n) is 3.25. The van der Waals surface area contributed by atoms with E-state index >= 15 is 0 Å². The summed E-state index contributed by atoms with van der Waals surface area (Å²) in [6.45, 7) is 1.51. The summed E-state index contributed by atoms with van der Waals surface area (Å²) in [5, 5.41) is 13.8. The molecule has 1 aliphatic carbocycles. The first-order valence-electron chi connectivity index (χ1n) is 6.12. The van der Waals surface area contributed by atoms with Crippen LogP contribution >= 0.6 is 0 Å². The van der Waals surface area contributed by atoms with Gasteiger partial charge in [-0.15, -0.1) is 0 Å². The number of piperidine rings is 1. The van der Waals surface area contributed by atoms with Crippen LogP contribution in [0.25, 0.3) is 0 Å². The molecular formula is C12H20NO2. The fourth-order valence-corrected chi connectivity index (χ4v) is 3.25. The Hall–Kier alpha value is -0.570. The smallest absolute Gasteiger partial charge is 0.310 e. The highest BCUT2D eigenvalue weighted by molar-refractivity contribution is 5.75. The van der Waals surface area contributed by atoms with E-state index in [2.05, 4.69) is 5.32 Å². The lowest BCUT2D eigenvalue weighted by molar-refractivity contribution is -0.156. The zero-order chi connectivity index (χ0) is 10.7. The number of hydrogen-bond acceptors (Lipinski definition) is 1. The number of carboxylic acids is 1. The highest BCUT2D eigenvalue weighted by Gasteiger charge is 2.46. The van der Waals surface area contributed by atoms with Crippen LogP contribution in [0.4, 0.5) is 0 Å². The Bertz CT molecular complexity index is 228. The minimum atomic E-state index is -0.565. The van der Waals surface area contributed by atoms with Crippen LogP contribution in [0.2, 0.25) is 0 Å². The van der Waals surface area contributed by atoms with Crippen molar-refractivity contribution in [1.82, 2.24) is 5.32 Å². The lowest BCUT2D eigenvalue weighted by atomic mass is 9.64. The topological polar surface area (TPSA) is 51.4 Å². The molecule has 1 saturated carbocycles. The Balaban J connectivity index is 2.12. The molecule has 1 aliphatic heterocycles. The third-order valence-electron chi connectivity index (χ3n) is 4.24. The average molecular weight is 210 g/mol. The van der Waals surface area contributed by atoms with Gasteiger partial charge in [-0.25, -0.2) is 5.32 Å². The maximum absolute atomic E-state index is 11.5. The first-order valence-corrected chi connectivity index (χ1v) is 6.12. The maximum atomic E-state index is 11.5. The summed E-state index contributed by atoms with van der Waals surface area (Å²) in [5.41, 5.74) is -0.428. The van der Waals surface area contributed by atoms with E-state index in [4.69, 9.17) is 0 Å². The second kappa shape index (κ2) is 4.52. The lowest BCUT2D eigenvalue weighted by Gasteiger charge is -2.41. The van der Waals surface area contributed by atoms with Gasteiger partial charge in [0.05, 0.1) is 5.41 Å². The summed E-state index contributed by atoms with van der Waals surface area (Å²) in [4.78, 5) is 11.5. The predicted molar refractivity (Wildman–Crippen MR) is 57.7 cm³/mol. The van der Waals surface area contributed by atoms with Crippen molar-refractivity contribution in [3.63, 3.8) is 0 Å². The molecule has 2 fully saturated rings. The monoisotopic (exact) mass is 210 g/mol. The quantitative estimate of drug-likeness (QED) is 0.758. The number of rotatable bonds is 2. The number of aliphatic carboxylic acids is 1. The molecule has 85 valence electrons. The highest BCUT2D eigenvalue weighted by atomic mass is 16.4. The Kier molecular flexibility index (Phi) is 3.29. The zero-order valence-corrected chi connectivity index (χ0v) is 9.24. The van der Waals surface area contributed by atoms with E-state index in [1.807, 2.05) is 0 Å². The largest absolute Gasteiger partial charge is 0.481 e.